The van der Waals surface area contributed by atoms with Crippen LogP contribution in [0, 0.1) is 0 Å². The highest BCUT2D eigenvalue weighted by Crippen LogP contribution is 2.20. The van der Waals surface area contributed by atoms with Crippen LogP contribution in [-0.4, -0.2) is 6.43 Å². The minimum atomic E-state index is -2.51. The number of hydrogen-bond acceptors (Lipinski definition) is 1. The highest BCUT2D eigenvalue weighted by molar-refractivity contribution is 9.10. The lowest BCUT2D eigenvalue weighted by Crippen LogP contribution is -2.18. The van der Waals surface area contributed by atoms with Crippen molar-refractivity contribution in [2.45, 2.75) is 12.5 Å². The number of benzene rings is 1. The van der Waals surface area contributed by atoms with Crippen LogP contribution >= 0.6 is 15.9 Å². The first-order valence-corrected chi connectivity index (χ1v) is 4.20. The van der Waals surface area contributed by atoms with Crippen molar-refractivity contribution in [1.82, 2.24) is 0 Å². The van der Waals surface area contributed by atoms with Crippen LogP contribution in [0.25, 0.3) is 0 Å². The Morgan fingerprint density at radius 3 is 2.50 bits per heavy atom. The van der Waals surface area contributed by atoms with E-state index in [0.717, 1.165) is 4.47 Å². The molecule has 0 fully saturated rings. The maximum Gasteiger partial charge on any atom is 0.257 e. The summed E-state index contributed by atoms with van der Waals surface area (Å²) in [5, 5.41) is 0. The Balaban J connectivity index is 2.88. The first kappa shape index (κ1) is 9.61. The van der Waals surface area contributed by atoms with Crippen LogP contribution in [0.5, 0.6) is 0 Å². The molecule has 0 heterocycles. The van der Waals surface area contributed by atoms with E-state index in [2.05, 4.69) is 15.9 Å². The van der Waals surface area contributed by atoms with Crippen molar-refractivity contribution in [3.8, 4) is 0 Å². The maximum atomic E-state index is 12.1. The molecule has 0 aromatic heterocycles. The molecule has 12 heavy (non-hydrogen) atoms. The number of rotatable bonds is 2. The van der Waals surface area contributed by atoms with Crippen LogP contribution in [0.4, 0.5) is 8.78 Å². The molecule has 0 aliphatic heterocycles. The second kappa shape index (κ2) is 3.96. The van der Waals surface area contributed by atoms with Gasteiger partial charge in [-0.25, -0.2) is 8.78 Å². The summed E-state index contributed by atoms with van der Waals surface area (Å²) in [5.74, 6) is 0. The smallest absolute Gasteiger partial charge is 0.257 e. The molecule has 1 aromatic carbocycles. The highest BCUT2D eigenvalue weighted by Gasteiger charge is 2.16. The molecule has 0 spiro atoms. The van der Waals surface area contributed by atoms with Crippen molar-refractivity contribution >= 4 is 15.9 Å². The van der Waals surface area contributed by atoms with Crippen LogP contribution in [0.15, 0.2) is 28.7 Å². The summed E-state index contributed by atoms with van der Waals surface area (Å²) < 4.78 is 25.0. The van der Waals surface area contributed by atoms with E-state index in [9.17, 15) is 8.78 Å². The molecule has 4 heteroatoms. The molecule has 1 nitrogen and oxygen atoms in total. The van der Waals surface area contributed by atoms with Crippen LogP contribution in [0.2, 0.25) is 0 Å². The molecule has 0 aliphatic rings. The average Bonchev–Trinajstić information content (AvgIpc) is 2.03. The minimum absolute atomic E-state index is 0.444. The Morgan fingerprint density at radius 1 is 1.33 bits per heavy atom. The van der Waals surface area contributed by atoms with Gasteiger partial charge in [0.2, 0.25) is 0 Å². The average molecular weight is 236 g/mol. The van der Waals surface area contributed by atoms with Gasteiger partial charge >= 0.3 is 0 Å². The van der Waals surface area contributed by atoms with Gasteiger partial charge in [0, 0.05) is 4.47 Å². The Bertz CT molecular complexity index is 265. The lowest BCUT2D eigenvalue weighted by atomic mass is 10.1. The molecule has 0 saturated carbocycles. The summed E-state index contributed by atoms with van der Waals surface area (Å²) >= 11 is 3.18. The third kappa shape index (κ3) is 2.25. The molecular weight excluding hydrogens is 228 g/mol. The van der Waals surface area contributed by atoms with E-state index in [1.165, 1.54) is 0 Å². The summed E-state index contributed by atoms with van der Waals surface area (Å²) in [5.41, 5.74) is 5.68. The molecule has 0 unspecified atom stereocenters. The molecule has 0 bridgehead atoms. The van der Waals surface area contributed by atoms with Crippen molar-refractivity contribution in [3.63, 3.8) is 0 Å². The fourth-order valence-electron chi connectivity index (χ4n) is 0.859. The molecule has 1 atom stereocenters. The van der Waals surface area contributed by atoms with Crippen molar-refractivity contribution in [2.75, 3.05) is 0 Å². The summed E-state index contributed by atoms with van der Waals surface area (Å²) in [6.07, 6.45) is -2.51. The summed E-state index contributed by atoms with van der Waals surface area (Å²) in [4.78, 5) is 0. The first-order valence-electron chi connectivity index (χ1n) is 3.40. The molecule has 0 radical (unpaired) electrons. The molecule has 0 aliphatic carbocycles. The number of hydrogen-bond donors (Lipinski definition) is 1. The van der Waals surface area contributed by atoms with Gasteiger partial charge in [0.05, 0.1) is 6.04 Å². The van der Waals surface area contributed by atoms with E-state index in [1.54, 1.807) is 24.3 Å². The Labute approximate surface area is 77.7 Å². The first-order chi connectivity index (χ1) is 5.61. The van der Waals surface area contributed by atoms with Gasteiger partial charge in [-0.3, -0.25) is 0 Å². The summed E-state index contributed by atoms with van der Waals surface area (Å²) in [7, 11) is 0. The van der Waals surface area contributed by atoms with Gasteiger partial charge in [-0.1, -0.05) is 28.1 Å². The van der Waals surface area contributed by atoms with E-state index in [0.29, 0.717) is 5.56 Å². The summed E-state index contributed by atoms with van der Waals surface area (Å²) in [6.45, 7) is 0. The number of nitrogens with two attached hydrogens (primary N) is 1. The van der Waals surface area contributed by atoms with Gasteiger partial charge in [0.15, 0.2) is 0 Å². The topological polar surface area (TPSA) is 26.0 Å². The van der Waals surface area contributed by atoms with E-state index >= 15 is 0 Å². The molecular formula is C8H8BrF2N. The molecule has 0 saturated heterocycles. The lowest BCUT2D eigenvalue weighted by Gasteiger charge is -2.10. The molecule has 0 amide bonds. The molecule has 1 rings (SSSR count). The van der Waals surface area contributed by atoms with Crippen LogP contribution in [0.1, 0.15) is 11.6 Å². The quantitative estimate of drug-likeness (QED) is 0.839. The second-order valence-corrected chi connectivity index (χ2v) is 3.33. The van der Waals surface area contributed by atoms with Gasteiger partial charge in [0.25, 0.3) is 6.43 Å². The monoisotopic (exact) mass is 235 g/mol. The number of halogens is 3. The Morgan fingerprint density at radius 2 is 2.00 bits per heavy atom. The van der Waals surface area contributed by atoms with Crippen molar-refractivity contribution in [1.29, 1.82) is 0 Å². The Kier molecular flexibility index (Phi) is 3.17. The predicted molar refractivity (Wildman–Crippen MR) is 47.1 cm³/mol. The largest absolute Gasteiger partial charge is 0.319 e. The van der Waals surface area contributed by atoms with E-state index < -0.39 is 12.5 Å². The SMILES string of the molecule is N[C@@H](c1cccc(Br)c1)C(F)F. The normalized spacial score (nSPS) is 13.4. The van der Waals surface area contributed by atoms with Crippen LogP contribution in [-0.2, 0) is 0 Å². The fraction of sp³-hybridized carbons (Fsp3) is 0.250. The second-order valence-electron chi connectivity index (χ2n) is 2.42. The molecule has 66 valence electrons. The number of alkyl halides is 2. The zero-order valence-corrected chi connectivity index (χ0v) is 7.76. The fourth-order valence-corrected chi connectivity index (χ4v) is 1.28. The molecule has 2 N–H and O–H groups in total. The van der Waals surface area contributed by atoms with Gasteiger partial charge in [0.1, 0.15) is 0 Å². The van der Waals surface area contributed by atoms with E-state index in [1.807, 2.05) is 0 Å². The van der Waals surface area contributed by atoms with Gasteiger partial charge < -0.3 is 5.73 Å². The van der Waals surface area contributed by atoms with Gasteiger partial charge in [-0.05, 0) is 17.7 Å². The third-order valence-corrected chi connectivity index (χ3v) is 2.00. The zero-order chi connectivity index (χ0) is 9.14. The zero-order valence-electron chi connectivity index (χ0n) is 6.18. The van der Waals surface area contributed by atoms with E-state index in [-0.39, 0.29) is 0 Å². The minimum Gasteiger partial charge on any atom is -0.319 e. The van der Waals surface area contributed by atoms with Crippen molar-refractivity contribution < 1.29 is 8.78 Å². The van der Waals surface area contributed by atoms with Crippen molar-refractivity contribution in [2.24, 2.45) is 5.73 Å². The maximum absolute atomic E-state index is 12.1. The lowest BCUT2D eigenvalue weighted by molar-refractivity contribution is 0.116. The van der Waals surface area contributed by atoms with Crippen LogP contribution in [0.3, 0.4) is 0 Å². The van der Waals surface area contributed by atoms with Gasteiger partial charge in [-0.15, -0.1) is 0 Å². The third-order valence-electron chi connectivity index (χ3n) is 1.51. The predicted octanol–water partition coefficient (Wildman–Crippen LogP) is 2.71. The Hall–Kier alpha value is -0.480. The molecule has 1 aromatic rings. The van der Waals surface area contributed by atoms with E-state index in [4.69, 9.17) is 5.73 Å². The highest BCUT2D eigenvalue weighted by atomic mass is 79.9. The van der Waals surface area contributed by atoms with Crippen molar-refractivity contribution in [3.05, 3.63) is 34.3 Å². The van der Waals surface area contributed by atoms with Gasteiger partial charge in [-0.2, -0.15) is 0 Å². The summed E-state index contributed by atoms with van der Waals surface area (Å²) in [6, 6.07) is 5.43. The standard InChI is InChI=1S/C8H8BrF2N/c9-6-3-1-2-5(4-6)7(12)8(10)11/h1-4,7-8H,12H2/t7-/m0/s1. The van der Waals surface area contributed by atoms with Crippen LogP contribution < -0.4 is 5.73 Å².